The van der Waals surface area contributed by atoms with Gasteiger partial charge in [-0.1, -0.05) is 36.9 Å². The summed E-state index contributed by atoms with van der Waals surface area (Å²) >= 11 is 0. The fourth-order valence-corrected chi connectivity index (χ4v) is 1.97. The summed E-state index contributed by atoms with van der Waals surface area (Å²) in [5, 5.41) is 8.98. The molecule has 0 unspecified atom stereocenters. The van der Waals surface area contributed by atoms with Gasteiger partial charge in [-0.15, -0.1) is 0 Å². The van der Waals surface area contributed by atoms with Crippen molar-refractivity contribution in [1.29, 1.82) is 0 Å². The van der Waals surface area contributed by atoms with E-state index in [1.54, 1.807) is 12.1 Å². The summed E-state index contributed by atoms with van der Waals surface area (Å²) in [4.78, 5) is 35.2. The number of rotatable bonds is 6. The Hall–Kier alpha value is -3.21. The molecule has 0 amide bonds. The molecule has 0 bridgehead atoms. The molecule has 1 N–H and O–H groups in total. The van der Waals surface area contributed by atoms with E-state index in [2.05, 4.69) is 6.58 Å². The first-order chi connectivity index (χ1) is 11.0. The Morgan fingerprint density at radius 3 is 2.04 bits per heavy atom. The number of aromatic carboxylic acids is 1. The monoisotopic (exact) mass is 310 g/mol. The molecule has 0 atom stereocenters. The summed E-state index contributed by atoms with van der Waals surface area (Å²) in [6.45, 7) is 3.54. The zero-order chi connectivity index (χ0) is 16.8. The van der Waals surface area contributed by atoms with E-state index >= 15 is 0 Å². The summed E-state index contributed by atoms with van der Waals surface area (Å²) in [7, 11) is 0. The smallest absolute Gasteiger partial charge is 0.338 e. The SMILES string of the molecule is C=CCOC(=O)c1cccc(C(=O)c2cccc(C(=O)O)c2)c1. The van der Waals surface area contributed by atoms with Gasteiger partial charge in [0.25, 0.3) is 0 Å². The van der Waals surface area contributed by atoms with Crippen molar-refractivity contribution in [1.82, 2.24) is 0 Å². The molecule has 0 spiro atoms. The lowest BCUT2D eigenvalue weighted by Crippen LogP contribution is -2.08. The molecule has 2 aromatic carbocycles. The minimum atomic E-state index is -1.11. The van der Waals surface area contributed by atoms with Gasteiger partial charge in [-0.3, -0.25) is 4.79 Å². The number of carboxylic acids is 1. The molecule has 0 aliphatic rings. The Morgan fingerprint density at radius 2 is 1.48 bits per heavy atom. The van der Waals surface area contributed by atoms with Gasteiger partial charge in [0.15, 0.2) is 5.78 Å². The van der Waals surface area contributed by atoms with Crippen molar-refractivity contribution in [3.8, 4) is 0 Å². The van der Waals surface area contributed by atoms with E-state index in [0.717, 1.165) is 0 Å². The molecular formula is C18H14O5. The van der Waals surface area contributed by atoms with E-state index in [1.165, 1.54) is 42.5 Å². The molecule has 0 saturated carbocycles. The molecule has 2 aromatic rings. The molecule has 0 saturated heterocycles. The molecule has 0 fully saturated rings. The number of esters is 1. The van der Waals surface area contributed by atoms with Crippen LogP contribution in [0.5, 0.6) is 0 Å². The molecule has 0 radical (unpaired) electrons. The van der Waals surface area contributed by atoms with Gasteiger partial charge in [-0.25, -0.2) is 9.59 Å². The van der Waals surface area contributed by atoms with Crippen LogP contribution < -0.4 is 0 Å². The zero-order valence-corrected chi connectivity index (χ0v) is 12.2. The summed E-state index contributed by atoms with van der Waals surface area (Å²) in [5.41, 5.74) is 0.784. The van der Waals surface area contributed by atoms with Crippen LogP contribution in [-0.4, -0.2) is 29.4 Å². The summed E-state index contributed by atoms with van der Waals surface area (Å²) in [5.74, 6) is -2.04. The largest absolute Gasteiger partial charge is 0.478 e. The average Bonchev–Trinajstić information content (AvgIpc) is 2.59. The normalized spacial score (nSPS) is 9.91. The van der Waals surface area contributed by atoms with Crippen molar-refractivity contribution in [2.24, 2.45) is 0 Å². The molecule has 0 aliphatic carbocycles. The Bertz CT molecular complexity index is 776. The van der Waals surface area contributed by atoms with Gasteiger partial charge in [0.1, 0.15) is 6.61 Å². The van der Waals surface area contributed by atoms with Crippen LogP contribution in [0, 0.1) is 0 Å². The minimum Gasteiger partial charge on any atom is -0.478 e. The van der Waals surface area contributed by atoms with Crippen molar-refractivity contribution in [2.45, 2.75) is 0 Å². The standard InChI is InChI=1S/C18H14O5/c1-2-9-23-18(22)15-8-4-6-13(11-15)16(19)12-5-3-7-14(10-12)17(20)21/h2-8,10-11H,1,9H2,(H,20,21). The van der Waals surface area contributed by atoms with Crippen molar-refractivity contribution < 1.29 is 24.2 Å². The number of hydrogen-bond acceptors (Lipinski definition) is 4. The number of carbonyl (C=O) groups excluding carboxylic acids is 2. The van der Waals surface area contributed by atoms with Crippen LogP contribution in [0.25, 0.3) is 0 Å². The summed E-state index contributed by atoms with van der Waals surface area (Å²) in [6, 6.07) is 11.8. The molecule has 2 rings (SSSR count). The number of ketones is 1. The first-order valence-electron chi connectivity index (χ1n) is 6.79. The first kappa shape index (κ1) is 16.2. The molecule has 5 heteroatoms. The van der Waals surface area contributed by atoms with Crippen LogP contribution in [0.1, 0.15) is 36.6 Å². The Morgan fingerprint density at radius 1 is 0.957 bits per heavy atom. The molecule has 116 valence electrons. The van der Waals surface area contributed by atoms with Crippen molar-refractivity contribution in [3.63, 3.8) is 0 Å². The van der Waals surface area contributed by atoms with Gasteiger partial charge >= 0.3 is 11.9 Å². The number of ether oxygens (including phenoxy) is 1. The lowest BCUT2D eigenvalue weighted by molar-refractivity contribution is 0.0549. The van der Waals surface area contributed by atoms with Gasteiger partial charge in [-0.2, -0.15) is 0 Å². The molecule has 23 heavy (non-hydrogen) atoms. The second-order valence-corrected chi connectivity index (χ2v) is 4.68. The highest BCUT2D eigenvalue weighted by Crippen LogP contribution is 2.14. The molecule has 0 heterocycles. The predicted octanol–water partition coefficient (Wildman–Crippen LogP) is 2.96. The maximum atomic E-state index is 12.4. The van der Waals surface area contributed by atoms with Gasteiger partial charge in [0, 0.05) is 11.1 Å². The maximum absolute atomic E-state index is 12.4. The second kappa shape index (κ2) is 7.17. The highest BCUT2D eigenvalue weighted by molar-refractivity contribution is 6.10. The third-order valence-corrected chi connectivity index (χ3v) is 3.06. The number of hydrogen-bond donors (Lipinski definition) is 1. The van der Waals surface area contributed by atoms with Crippen molar-refractivity contribution in [3.05, 3.63) is 83.4 Å². The maximum Gasteiger partial charge on any atom is 0.338 e. The predicted molar refractivity (Wildman–Crippen MR) is 83.8 cm³/mol. The van der Waals surface area contributed by atoms with Crippen LogP contribution in [0.2, 0.25) is 0 Å². The van der Waals surface area contributed by atoms with E-state index in [0.29, 0.717) is 0 Å². The van der Waals surface area contributed by atoms with Crippen molar-refractivity contribution in [2.75, 3.05) is 6.61 Å². The van der Waals surface area contributed by atoms with Crippen LogP contribution in [0.15, 0.2) is 61.2 Å². The molecule has 5 nitrogen and oxygen atoms in total. The van der Waals surface area contributed by atoms with Crippen LogP contribution in [-0.2, 0) is 4.74 Å². The lowest BCUT2D eigenvalue weighted by atomic mass is 10.00. The van der Waals surface area contributed by atoms with E-state index < -0.39 is 11.9 Å². The number of benzene rings is 2. The van der Waals surface area contributed by atoms with Crippen molar-refractivity contribution >= 4 is 17.7 Å². The highest BCUT2D eigenvalue weighted by atomic mass is 16.5. The van der Waals surface area contributed by atoms with Crippen LogP contribution in [0.3, 0.4) is 0 Å². The van der Waals surface area contributed by atoms with Crippen LogP contribution >= 0.6 is 0 Å². The summed E-state index contributed by atoms with van der Waals surface area (Å²) < 4.78 is 4.92. The molecule has 0 aliphatic heterocycles. The van der Waals surface area contributed by atoms with Crippen LogP contribution in [0.4, 0.5) is 0 Å². The van der Waals surface area contributed by atoms with Gasteiger partial charge in [-0.05, 0) is 24.3 Å². The van der Waals surface area contributed by atoms with Gasteiger partial charge < -0.3 is 9.84 Å². The molecular weight excluding hydrogens is 296 g/mol. The Labute approximate surface area is 132 Å². The lowest BCUT2D eigenvalue weighted by Gasteiger charge is -2.05. The molecule has 0 aromatic heterocycles. The topological polar surface area (TPSA) is 80.7 Å². The van der Waals surface area contributed by atoms with Gasteiger partial charge in [0.2, 0.25) is 0 Å². The summed E-state index contributed by atoms with van der Waals surface area (Å²) in [6.07, 6.45) is 1.45. The highest BCUT2D eigenvalue weighted by Gasteiger charge is 2.14. The zero-order valence-electron chi connectivity index (χ0n) is 12.2. The Kier molecular flexibility index (Phi) is 5.04. The fraction of sp³-hybridized carbons (Fsp3) is 0.0556. The van der Waals surface area contributed by atoms with E-state index in [4.69, 9.17) is 9.84 Å². The third kappa shape index (κ3) is 3.91. The first-order valence-corrected chi connectivity index (χ1v) is 6.79. The van der Waals surface area contributed by atoms with Gasteiger partial charge in [0.05, 0.1) is 11.1 Å². The number of carboxylic acid groups (broad SMARTS) is 1. The Balaban J connectivity index is 2.29. The second-order valence-electron chi connectivity index (χ2n) is 4.68. The van der Waals surface area contributed by atoms with E-state index in [1.807, 2.05) is 0 Å². The minimum absolute atomic E-state index is 0.0254. The average molecular weight is 310 g/mol. The quantitative estimate of drug-likeness (QED) is 0.504. The third-order valence-electron chi connectivity index (χ3n) is 3.06. The van der Waals surface area contributed by atoms with E-state index in [-0.39, 0.29) is 34.6 Å². The van der Waals surface area contributed by atoms with E-state index in [9.17, 15) is 14.4 Å². The number of carbonyl (C=O) groups is 3. The fourth-order valence-electron chi connectivity index (χ4n) is 1.97.